The highest BCUT2D eigenvalue weighted by atomic mass is 35.5. The SMILES string of the molecule is CCOC(=O)C(F)(F)c1cnc(Cl)nc1Cl. The molecule has 1 heterocycles. The minimum atomic E-state index is -3.89. The summed E-state index contributed by atoms with van der Waals surface area (Å²) >= 11 is 10.8. The number of alkyl halides is 2. The molecule has 0 radical (unpaired) electrons. The molecule has 0 aliphatic carbocycles. The molecule has 0 aliphatic heterocycles. The Morgan fingerprint density at radius 1 is 1.56 bits per heavy atom. The van der Waals surface area contributed by atoms with Crippen LogP contribution in [0.25, 0.3) is 0 Å². The molecule has 88 valence electrons. The van der Waals surface area contributed by atoms with Crippen LogP contribution in [-0.4, -0.2) is 22.5 Å². The molecule has 0 unspecified atom stereocenters. The molecule has 0 N–H and O–H groups in total. The molecule has 0 spiro atoms. The molecule has 0 amide bonds. The summed E-state index contributed by atoms with van der Waals surface area (Å²) in [6.45, 7) is 1.24. The van der Waals surface area contributed by atoms with E-state index in [0.717, 1.165) is 0 Å². The number of nitrogens with zero attached hydrogens (tertiary/aromatic N) is 2. The smallest absolute Gasteiger partial charge is 0.382 e. The van der Waals surface area contributed by atoms with Gasteiger partial charge in [0.2, 0.25) is 5.28 Å². The molecular weight excluding hydrogens is 265 g/mol. The Kier molecular flexibility index (Phi) is 3.98. The molecule has 0 fully saturated rings. The van der Waals surface area contributed by atoms with Gasteiger partial charge in [-0.1, -0.05) is 11.6 Å². The fraction of sp³-hybridized carbons (Fsp3) is 0.375. The van der Waals surface area contributed by atoms with E-state index < -0.39 is 22.6 Å². The Morgan fingerprint density at radius 3 is 2.69 bits per heavy atom. The first-order chi connectivity index (χ1) is 7.39. The third-order valence-electron chi connectivity index (χ3n) is 1.58. The first-order valence-electron chi connectivity index (χ1n) is 4.13. The second-order valence-corrected chi connectivity index (χ2v) is 3.33. The lowest BCUT2D eigenvalue weighted by atomic mass is 10.2. The molecule has 1 aromatic rings. The van der Waals surface area contributed by atoms with Crippen LogP contribution in [0.3, 0.4) is 0 Å². The summed E-state index contributed by atoms with van der Waals surface area (Å²) in [5.41, 5.74) is -0.836. The number of carbonyl (C=O) groups excluding carboxylic acids is 1. The van der Waals surface area contributed by atoms with Gasteiger partial charge in [-0.3, -0.25) is 0 Å². The number of hydrogen-bond donors (Lipinski definition) is 0. The van der Waals surface area contributed by atoms with Gasteiger partial charge in [0, 0.05) is 6.20 Å². The fourth-order valence-corrected chi connectivity index (χ4v) is 1.31. The normalized spacial score (nSPS) is 11.3. The molecule has 0 aliphatic rings. The van der Waals surface area contributed by atoms with Crippen molar-refractivity contribution in [1.82, 2.24) is 9.97 Å². The highest BCUT2D eigenvalue weighted by Crippen LogP contribution is 2.33. The van der Waals surface area contributed by atoms with E-state index in [2.05, 4.69) is 14.7 Å². The van der Waals surface area contributed by atoms with Crippen molar-refractivity contribution in [3.05, 3.63) is 22.2 Å². The third-order valence-corrected chi connectivity index (χ3v) is 2.05. The summed E-state index contributed by atoms with van der Waals surface area (Å²) in [5, 5.41) is -0.869. The first-order valence-corrected chi connectivity index (χ1v) is 4.88. The van der Waals surface area contributed by atoms with Gasteiger partial charge < -0.3 is 4.74 Å². The predicted octanol–water partition coefficient (Wildman–Crippen LogP) is 2.44. The van der Waals surface area contributed by atoms with Crippen LogP contribution in [0.4, 0.5) is 8.78 Å². The molecule has 8 heteroatoms. The molecule has 4 nitrogen and oxygen atoms in total. The van der Waals surface area contributed by atoms with Crippen molar-refractivity contribution in [2.24, 2.45) is 0 Å². The summed E-state index contributed by atoms with van der Waals surface area (Å²) in [5.74, 6) is -5.60. The number of rotatable bonds is 3. The average Bonchev–Trinajstić information content (AvgIpc) is 2.17. The van der Waals surface area contributed by atoms with Gasteiger partial charge in [0.1, 0.15) is 5.15 Å². The Balaban J connectivity index is 3.11. The summed E-state index contributed by atoms with van der Waals surface area (Å²) in [6, 6.07) is 0. The van der Waals surface area contributed by atoms with Crippen LogP contribution in [0, 0.1) is 0 Å². The largest absolute Gasteiger partial charge is 0.461 e. The van der Waals surface area contributed by atoms with Gasteiger partial charge in [-0.2, -0.15) is 8.78 Å². The van der Waals surface area contributed by atoms with Gasteiger partial charge >= 0.3 is 11.9 Å². The maximum Gasteiger partial charge on any atom is 0.382 e. The van der Waals surface area contributed by atoms with Gasteiger partial charge in [0.15, 0.2) is 0 Å². The minimum Gasteiger partial charge on any atom is -0.461 e. The summed E-state index contributed by atoms with van der Waals surface area (Å²) < 4.78 is 31.1. The average molecular weight is 271 g/mol. The quantitative estimate of drug-likeness (QED) is 0.481. The zero-order valence-corrected chi connectivity index (χ0v) is 9.52. The van der Waals surface area contributed by atoms with Crippen LogP contribution in [0.1, 0.15) is 12.5 Å². The monoisotopic (exact) mass is 270 g/mol. The first kappa shape index (κ1) is 13.1. The maximum atomic E-state index is 13.4. The molecule has 1 aromatic heterocycles. The Hall–Kier alpha value is -1.01. The molecule has 0 saturated carbocycles. The fourth-order valence-electron chi connectivity index (χ4n) is 0.883. The minimum absolute atomic E-state index is 0.166. The zero-order valence-electron chi connectivity index (χ0n) is 8.01. The summed E-state index contributed by atoms with van der Waals surface area (Å²) in [6.07, 6.45) is 0.689. The third kappa shape index (κ3) is 2.56. The van der Waals surface area contributed by atoms with E-state index in [1.165, 1.54) is 6.92 Å². The van der Waals surface area contributed by atoms with E-state index in [0.29, 0.717) is 6.20 Å². The number of hydrogen-bond acceptors (Lipinski definition) is 4. The number of esters is 1. The van der Waals surface area contributed by atoms with Gasteiger partial charge in [-0.25, -0.2) is 14.8 Å². The van der Waals surface area contributed by atoms with Crippen LogP contribution < -0.4 is 0 Å². The molecule has 1 rings (SSSR count). The van der Waals surface area contributed by atoms with E-state index >= 15 is 0 Å². The van der Waals surface area contributed by atoms with E-state index in [1.54, 1.807) is 0 Å². The van der Waals surface area contributed by atoms with Gasteiger partial charge in [-0.15, -0.1) is 0 Å². The lowest BCUT2D eigenvalue weighted by Gasteiger charge is -2.14. The lowest BCUT2D eigenvalue weighted by molar-refractivity contribution is -0.173. The molecular formula is C8H6Cl2F2N2O2. The highest BCUT2D eigenvalue weighted by molar-refractivity contribution is 6.32. The van der Waals surface area contributed by atoms with Crippen LogP contribution in [0.2, 0.25) is 10.4 Å². The van der Waals surface area contributed by atoms with Crippen molar-refractivity contribution in [3.8, 4) is 0 Å². The number of carbonyl (C=O) groups is 1. The Morgan fingerprint density at radius 2 is 2.19 bits per heavy atom. The molecule has 0 aromatic carbocycles. The highest BCUT2D eigenvalue weighted by Gasteiger charge is 2.45. The molecule has 0 bridgehead atoms. The van der Waals surface area contributed by atoms with Crippen LogP contribution in [0.15, 0.2) is 6.20 Å². The number of halogens is 4. The van der Waals surface area contributed by atoms with Gasteiger partial charge in [0.25, 0.3) is 0 Å². The molecule has 0 atom stereocenters. The number of aromatic nitrogens is 2. The zero-order chi connectivity index (χ0) is 12.3. The predicted molar refractivity (Wildman–Crippen MR) is 52.6 cm³/mol. The van der Waals surface area contributed by atoms with E-state index in [1.807, 2.05) is 0 Å². The Labute approximate surface area is 99.5 Å². The van der Waals surface area contributed by atoms with Crippen molar-refractivity contribution >= 4 is 29.2 Å². The maximum absolute atomic E-state index is 13.4. The van der Waals surface area contributed by atoms with Crippen molar-refractivity contribution in [2.45, 2.75) is 12.8 Å². The van der Waals surface area contributed by atoms with Crippen LogP contribution in [-0.2, 0) is 15.5 Å². The number of ether oxygens (including phenoxy) is 1. The topological polar surface area (TPSA) is 52.1 Å². The second-order valence-electron chi connectivity index (χ2n) is 2.64. The van der Waals surface area contributed by atoms with E-state index in [-0.39, 0.29) is 11.9 Å². The molecule has 0 saturated heterocycles. The van der Waals surface area contributed by atoms with Crippen LogP contribution >= 0.6 is 23.2 Å². The van der Waals surface area contributed by atoms with Crippen molar-refractivity contribution in [2.75, 3.05) is 6.61 Å². The van der Waals surface area contributed by atoms with Gasteiger partial charge in [-0.05, 0) is 18.5 Å². The molecule has 16 heavy (non-hydrogen) atoms. The Bertz CT molecular complexity index is 415. The van der Waals surface area contributed by atoms with Gasteiger partial charge in [0.05, 0.1) is 12.2 Å². The van der Waals surface area contributed by atoms with Crippen molar-refractivity contribution < 1.29 is 18.3 Å². The lowest BCUT2D eigenvalue weighted by Crippen LogP contribution is -2.29. The van der Waals surface area contributed by atoms with Crippen LogP contribution in [0.5, 0.6) is 0 Å². The summed E-state index contributed by atoms with van der Waals surface area (Å²) in [4.78, 5) is 17.6. The second kappa shape index (κ2) is 4.88. The standard InChI is InChI=1S/C8H6Cl2F2N2O2/c1-2-16-6(15)8(11,12)4-3-13-7(10)14-5(4)9/h3H,2H2,1H3. The van der Waals surface area contributed by atoms with Crippen molar-refractivity contribution in [1.29, 1.82) is 0 Å². The van der Waals surface area contributed by atoms with Crippen molar-refractivity contribution in [3.63, 3.8) is 0 Å². The van der Waals surface area contributed by atoms with E-state index in [9.17, 15) is 13.6 Å². The van der Waals surface area contributed by atoms with E-state index in [4.69, 9.17) is 23.2 Å². The summed E-state index contributed by atoms with van der Waals surface area (Å²) in [7, 11) is 0.